The number of hydrogen-bond acceptors (Lipinski definition) is 7. The lowest BCUT2D eigenvalue weighted by atomic mass is 10.3. The van der Waals surface area contributed by atoms with Gasteiger partial charge in [-0.25, -0.2) is 8.42 Å². The van der Waals surface area contributed by atoms with E-state index in [4.69, 9.17) is 9.47 Å². The van der Waals surface area contributed by atoms with Crippen molar-refractivity contribution in [3.05, 3.63) is 30.3 Å². The van der Waals surface area contributed by atoms with E-state index in [2.05, 4.69) is 14.9 Å². The molecule has 0 aliphatic carbocycles. The number of sulfonamides is 1. The van der Waals surface area contributed by atoms with Crippen molar-refractivity contribution in [1.82, 2.24) is 10.2 Å². The van der Waals surface area contributed by atoms with Crippen LogP contribution < -0.4 is 19.1 Å². The van der Waals surface area contributed by atoms with Gasteiger partial charge in [0.25, 0.3) is 10.0 Å². The molecule has 1 aromatic heterocycles. The molecule has 0 spiro atoms. The minimum atomic E-state index is -3.78. The van der Waals surface area contributed by atoms with Gasteiger partial charge in [0, 0.05) is 19.2 Å². The highest BCUT2D eigenvalue weighted by Crippen LogP contribution is 2.34. The number of nitrogens with zero attached hydrogens (tertiary/aromatic N) is 3. The molecule has 9 heteroatoms. The molecule has 0 unspecified atom stereocenters. The number of nitrogens with one attached hydrogen (secondary N) is 1. The number of ether oxygens (including phenoxy) is 2. The standard InChI is InChI=1S/C15H18N4O4S/c1-3-19(4-2)15-8-7-14(16-17-15)18-24(20,21)11-5-6-12-13(9-11)23-10-22-12/h5-9H,3-4,10H2,1-2H3,(H,16,18). The first-order chi connectivity index (χ1) is 11.5. The Kier molecular flexibility index (Phi) is 4.43. The van der Waals surface area contributed by atoms with Crippen LogP contribution >= 0.6 is 0 Å². The smallest absolute Gasteiger partial charge is 0.263 e. The van der Waals surface area contributed by atoms with Crippen LogP contribution in [0.5, 0.6) is 11.5 Å². The molecule has 0 bridgehead atoms. The lowest BCUT2D eigenvalue weighted by molar-refractivity contribution is 0.174. The van der Waals surface area contributed by atoms with Crippen molar-refractivity contribution in [3.63, 3.8) is 0 Å². The van der Waals surface area contributed by atoms with E-state index in [1.807, 2.05) is 18.7 Å². The highest BCUT2D eigenvalue weighted by Gasteiger charge is 2.21. The van der Waals surface area contributed by atoms with Gasteiger partial charge in [0.05, 0.1) is 4.90 Å². The zero-order valence-corrected chi connectivity index (χ0v) is 14.2. The second-order valence-electron chi connectivity index (χ2n) is 5.07. The summed E-state index contributed by atoms with van der Waals surface area (Å²) in [4.78, 5) is 2.09. The fraction of sp³-hybridized carbons (Fsp3) is 0.333. The van der Waals surface area contributed by atoms with Crippen molar-refractivity contribution in [3.8, 4) is 11.5 Å². The monoisotopic (exact) mass is 350 g/mol. The maximum Gasteiger partial charge on any atom is 0.263 e. The number of hydrogen-bond donors (Lipinski definition) is 1. The van der Waals surface area contributed by atoms with Crippen LogP contribution in [0.2, 0.25) is 0 Å². The van der Waals surface area contributed by atoms with Gasteiger partial charge in [-0.3, -0.25) is 4.72 Å². The average molecular weight is 350 g/mol. The molecule has 0 atom stereocenters. The van der Waals surface area contributed by atoms with Crippen LogP contribution in [0.4, 0.5) is 11.6 Å². The number of anilines is 2. The lowest BCUT2D eigenvalue weighted by Gasteiger charge is -2.18. The third-order valence-electron chi connectivity index (χ3n) is 3.63. The summed E-state index contributed by atoms with van der Waals surface area (Å²) in [6, 6.07) is 7.75. The van der Waals surface area contributed by atoms with Gasteiger partial charge in [0.15, 0.2) is 23.1 Å². The lowest BCUT2D eigenvalue weighted by Crippen LogP contribution is -2.23. The van der Waals surface area contributed by atoms with E-state index in [9.17, 15) is 8.42 Å². The SMILES string of the molecule is CCN(CC)c1ccc(NS(=O)(=O)c2ccc3c(c2)OCO3)nn1. The van der Waals surface area contributed by atoms with Crippen LogP contribution in [0.1, 0.15) is 13.8 Å². The van der Waals surface area contributed by atoms with Gasteiger partial charge in [-0.2, -0.15) is 0 Å². The first-order valence-corrected chi connectivity index (χ1v) is 9.03. The van der Waals surface area contributed by atoms with Gasteiger partial charge in [0.1, 0.15) is 0 Å². The maximum atomic E-state index is 12.4. The van der Waals surface area contributed by atoms with E-state index in [0.29, 0.717) is 17.3 Å². The van der Waals surface area contributed by atoms with E-state index in [0.717, 1.165) is 13.1 Å². The molecule has 0 saturated heterocycles. The maximum absolute atomic E-state index is 12.4. The molecule has 1 aliphatic heterocycles. The Morgan fingerprint density at radius 3 is 2.50 bits per heavy atom. The highest BCUT2D eigenvalue weighted by atomic mass is 32.2. The molecule has 24 heavy (non-hydrogen) atoms. The molecule has 2 aromatic rings. The molecule has 1 N–H and O–H groups in total. The van der Waals surface area contributed by atoms with Gasteiger partial charge in [-0.15, -0.1) is 10.2 Å². The van der Waals surface area contributed by atoms with E-state index in [-0.39, 0.29) is 17.5 Å². The Labute approximate surface area is 140 Å². The topological polar surface area (TPSA) is 93.7 Å². The van der Waals surface area contributed by atoms with Crippen molar-refractivity contribution >= 4 is 21.7 Å². The van der Waals surface area contributed by atoms with Crippen molar-refractivity contribution in [2.75, 3.05) is 29.5 Å². The van der Waals surface area contributed by atoms with Crippen LogP contribution in [-0.2, 0) is 10.0 Å². The Morgan fingerprint density at radius 2 is 1.83 bits per heavy atom. The molecule has 1 aliphatic rings. The summed E-state index contributed by atoms with van der Waals surface area (Å²) in [6.45, 7) is 5.72. The van der Waals surface area contributed by atoms with Crippen LogP contribution in [-0.4, -0.2) is 38.5 Å². The van der Waals surface area contributed by atoms with Gasteiger partial charge in [-0.1, -0.05) is 0 Å². The second kappa shape index (κ2) is 6.52. The van der Waals surface area contributed by atoms with Crippen LogP contribution in [0, 0.1) is 0 Å². The van der Waals surface area contributed by atoms with Gasteiger partial charge < -0.3 is 14.4 Å². The zero-order valence-electron chi connectivity index (χ0n) is 13.4. The van der Waals surface area contributed by atoms with Crippen molar-refractivity contribution < 1.29 is 17.9 Å². The fourth-order valence-corrected chi connectivity index (χ4v) is 3.35. The quantitative estimate of drug-likeness (QED) is 0.849. The second-order valence-corrected chi connectivity index (χ2v) is 6.75. The first kappa shape index (κ1) is 16.3. The van der Waals surface area contributed by atoms with Gasteiger partial charge >= 0.3 is 0 Å². The van der Waals surface area contributed by atoms with Gasteiger partial charge in [0.2, 0.25) is 6.79 Å². The highest BCUT2D eigenvalue weighted by molar-refractivity contribution is 7.92. The van der Waals surface area contributed by atoms with Crippen molar-refractivity contribution in [2.24, 2.45) is 0 Å². The Bertz CT molecular complexity index is 820. The van der Waals surface area contributed by atoms with Crippen molar-refractivity contribution in [2.45, 2.75) is 18.7 Å². The molecule has 1 aromatic carbocycles. The summed E-state index contributed by atoms with van der Waals surface area (Å²) >= 11 is 0. The Balaban J connectivity index is 1.79. The van der Waals surface area contributed by atoms with Crippen molar-refractivity contribution in [1.29, 1.82) is 0 Å². The molecular formula is C15H18N4O4S. The molecule has 8 nitrogen and oxygen atoms in total. The zero-order chi connectivity index (χ0) is 17.2. The first-order valence-electron chi connectivity index (χ1n) is 7.54. The summed E-state index contributed by atoms with van der Waals surface area (Å²) < 4.78 is 37.7. The average Bonchev–Trinajstić information content (AvgIpc) is 3.05. The summed E-state index contributed by atoms with van der Waals surface area (Å²) in [5.41, 5.74) is 0. The molecule has 0 radical (unpaired) electrons. The molecule has 2 heterocycles. The Hall–Kier alpha value is -2.55. The Morgan fingerprint density at radius 1 is 1.08 bits per heavy atom. The van der Waals surface area contributed by atoms with Crippen LogP contribution in [0.15, 0.2) is 35.2 Å². The van der Waals surface area contributed by atoms with Gasteiger partial charge in [-0.05, 0) is 38.1 Å². The number of aromatic nitrogens is 2. The summed E-state index contributed by atoms with van der Waals surface area (Å²) in [5.74, 6) is 1.78. The minimum absolute atomic E-state index is 0.0707. The fourth-order valence-electron chi connectivity index (χ4n) is 2.34. The summed E-state index contributed by atoms with van der Waals surface area (Å²) in [6.07, 6.45) is 0. The summed E-state index contributed by atoms with van der Waals surface area (Å²) in [5, 5.41) is 8.00. The molecule has 0 amide bonds. The predicted molar refractivity (Wildman–Crippen MR) is 89.0 cm³/mol. The van der Waals surface area contributed by atoms with Crippen LogP contribution in [0.25, 0.3) is 0 Å². The van der Waals surface area contributed by atoms with E-state index >= 15 is 0 Å². The predicted octanol–water partition coefficient (Wildman–Crippen LogP) is 1.85. The molecule has 0 saturated carbocycles. The number of benzene rings is 1. The number of rotatable bonds is 6. The molecule has 128 valence electrons. The third-order valence-corrected chi connectivity index (χ3v) is 4.98. The summed E-state index contributed by atoms with van der Waals surface area (Å²) in [7, 11) is -3.78. The number of fused-ring (bicyclic) bond motifs is 1. The molecule has 3 rings (SSSR count). The third kappa shape index (κ3) is 3.21. The normalized spacial score (nSPS) is 12.9. The minimum Gasteiger partial charge on any atom is -0.454 e. The largest absolute Gasteiger partial charge is 0.454 e. The van der Waals surface area contributed by atoms with E-state index in [1.165, 1.54) is 12.1 Å². The van der Waals surface area contributed by atoms with Crippen LogP contribution in [0.3, 0.4) is 0 Å². The van der Waals surface area contributed by atoms with E-state index in [1.54, 1.807) is 18.2 Å². The van der Waals surface area contributed by atoms with E-state index < -0.39 is 10.0 Å². The molecular weight excluding hydrogens is 332 g/mol. The molecule has 0 fully saturated rings.